The molecule has 0 saturated carbocycles. The molecule has 2 aliphatic heterocycles. The molecule has 4 rings (SSSR count). The fourth-order valence-corrected chi connectivity index (χ4v) is 3.09. The van der Waals surface area contributed by atoms with Crippen molar-refractivity contribution in [3.05, 3.63) is 83.6 Å². The smallest absolute Gasteiger partial charge is 0.216 e. The third kappa shape index (κ3) is 3.81. The largest absolute Gasteiger partial charge is 0.488 e. The first kappa shape index (κ1) is 17.2. The van der Waals surface area contributed by atoms with Crippen LogP contribution in [0.25, 0.3) is 0 Å². The van der Waals surface area contributed by atoms with Crippen molar-refractivity contribution in [2.45, 2.75) is 31.4 Å². The summed E-state index contributed by atoms with van der Waals surface area (Å²) in [4.78, 5) is 0. The molecular weight excluding hydrogens is 332 g/mol. The van der Waals surface area contributed by atoms with Gasteiger partial charge in [0.1, 0.15) is 18.8 Å². The van der Waals surface area contributed by atoms with E-state index in [0.717, 1.165) is 11.1 Å². The fourth-order valence-electron chi connectivity index (χ4n) is 3.09. The minimum Gasteiger partial charge on any atom is -0.488 e. The molecule has 0 N–H and O–H groups in total. The van der Waals surface area contributed by atoms with Gasteiger partial charge in [-0.05, 0) is 11.6 Å². The lowest BCUT2D eigenvalue weighted by molar-refractivity contribution is -0.289. The molecular formula is C21H22O5. The Balaban J connectivity index is 1.48. The summed E-state index contributed by atoms with van der Waals surface area (Å²) in [5.41, 5.74) is 2.07. The van der Waals surface area contributed by atoms with Gasteiger partial charge in [0.15, 0.2) is 12.0 Å². The minimum atomic E-state index is -0.555. The maximum absolute atomic E-state index is 6.09. The first-order valence-electron chi connectivity index (χ1n) is 8.72. The summed E-state index contributed by atoms with van der Waals surface area (Å²) in [5, 5.41) is 0. The van der Waals surface area contributed by atoms with E-state index in [2.05, 4.69) is 0 Å². The molecule has 2 heterocycles. The second-order valence-electron chi connectivity index (χ2n) is 6.26. The van der Waals surface area contributed by atoms with Gasteiger partial charge < -0.3 is 23.7 Å². The number of fused-ring (bicyclic) bond motifs is 1. The highest BCUT2D eigenvalue weighted by Crippen LogP contribution is 2.33. The fraction of sp³-hybridized carbons (Fsp3) is 0.333. The topological polar surface area (TPSA) is 46.2 Å². The van der Waals surface area contributed by atoms with Crippen LogP contribution >= 0.6 is 0 Å². The van der Waals surface area contributed by atoms with E-state index >= 15 is 0 Å². The summed E-state index contributed by atoms with van der Waals surface area (Å²) in [7, 11) is 1.60. The Hall–Kier alpha value is -2.18. The van der Waals surface area contributed by atoms with Gasteiger partial charge in [0.2, 0.25) is 6.29 Å². The molecule has 5 nitrogen and oxygen atoms in total. The zero-order valence-corrected chi connectivity index (χ0v) is 14.6. The Morgan fingerprint density at radius 1 is 0.962 bits per heavy atom. The molecule has 136 valence electrons. The van der Waals surface area contributed by atoms with E-state index in [9.17, 15) is 0 Å². The average molecular weight is 354 g/mol. The van der Waals surface area contributed by atoms with Gasteiger partial charge >= 0.3 is 0 Å². The first-order chi connectivity index (χ1) is 12.8. The third-order valence-corrected chi connectivity index (χ3v) is 4.45. The van der Waals surface area contributed by atoms with Gasteiger partial charge in [-0.3, -0.25) is 0 Å². The van der Waals surface area contributed by atoms with Crippen LogP contribution in [0.5, 0.6) is 0 Å². The molecule has 0 aliphatic carbocycles. The Kier molecular flexibility index (Phi) is 5.32. The van der Waals surface area contributed by atoms with Crippen LogP contribution in [0.15, 0.2) is 72.5 Å². The van der Waals surface area contributed by atoms with Gasteiger partial charge in [-0.15, -0.1) is 0 Å². The SMILES string of the molecule is CO[C@H]1O[C@@H]2CO[C@@H](c3ccccc3)O[C@H]2C=C1OCc1ccccc1. The molecule has 4 atom stereocenters. The van der Waals surface area contributed by atoms with Gasteiger partial charge in [-0.25, -0.2) is 0 Å². The second-order valence-corrected chi connectivity index (χ2v) is 6.26. The summed E-state index contributed by atoms with van der Waals surface area (Å²) in [6, 6.07) is 19.9. The Morgan fingerprint density at radius 3 is 2.42 bits per heavy atom. The van der Waals surface area contributed by atoms with Gasteiger partial charge in [0.05, 0.1) is 6.61 Å². The summed E-state index contributed by atoms with van der Waals surface area (Å²) in [6.07, 6.45) is 0.520. The molecule has 2 aliphatic rings. The van der Waals surface area contributed by atoms with Gasteiger partial charge in [-0.1, -0.05) is 60.7 Å². The molecule has 2 aromatic carbocycles. The van der Waals surface area contributed by atoms with Crippen LogP contribution in [0.4, 0.5) is 0 Å². The highest BCUT2D eigenvalue weighted by Gasteiger charge is 2.39. The highest BCUT2D eigenvalue weighted by molar-refractivity contribution is 5.18. The molecule has 1 fully saturated rings. The van der Waals surface area contributed by atoms with Crippen LogP contribution in [0.3, 0.4) is 0 Å². The number of benzene rings is 2. The van der Waals surface area contributed by atoms with Crippen LogP contribution in [-0.2, 0) is 30.3 Å². The molecule has 26 heavy (non-hydrogen) atoms. The van der Waals surface area contributed by atoms with Crippen LogP contribution in [0.1, 0.15) is 17.4 Å². The van der Waals surface area contributed by atoms with Crippen molar-refractivity contribution in [1.82, 2.24) is 0 Å². The second kappa shape index (κ2) is 8.01. The Labute approximate surface area is 153 Å². The lowest BCUT2D eigenvalue weighted by atomic mass is 10.1. The number of rotatable bonds is 5. The van der Waals surface area contributed by atoms with E-state index < -0.39 is 12.6 Å². The number of methoxy groups -OCH3 is 1. The van der Waals surface area contributed by atoms with Crippen LogP contribution < -0.4 is 0 Å². The quantitative estimate of drug-likeness (QED) is 0.821. The molecule has 5 heteroatoms. The minimum absolute atomic E-state index is 0.219. The molecule has 1 saturated heterocycles. The maximum atomic E-state index is 6.09. The van der Waals surface area contributed by atoms with Crippen molar-refractivity contribution in [3.63, 3.8) is 0 Å². The first-order valence-corrected chi connectivity index (χ1v) is 8.72. The lowest BCUT2D eigenvalue weighted by Gasteiger charge is -2.40. The van der Waals surface area contributed by atoms with Crippen molar-refractivity contribution in [2.24, 2.45) is 0 Å². The predicted octanol–water partition coefficient (Wildman–Crippen LogP) is 3.57. The van der Waals surface area contributed by atoms with Crippen LogP contribution in [0, 0.1) is 0 Å². The van der Waals surface area contributed by atoms with E-state index in [1.165, 1.54) is 0 Å². The Morgan fingerprint density at radius 2 is 1.69 bits per heavy atom. The monoisotopic (exact) mass is 354 g/mol. The van der Waals surface area contributed by atoms with Gasteiger partial charge in [-0.2, -0.15) is 0 Å². The van der Waals surface area contributed by atoms with Crippen molar-refractivity contribution < 1.29 is 23.7 Å². The highest BCUT2D eigenvalue weighted by atomic mass is 16.7. The maximum Gasteiger partial charge on any atom is 0.216 e. The molecule has 2 aromatic rings. The summed E-state index contributed by atoms with van der Waals surface area (Å²) >= 11 is 0. The summed E-state index contributed by atoms with van der Waals surface area (Å²) in [6.45, 7) is 0.887. The van der Waals surface area contributed by atoms with Crippen molar-refractivity contribution in [1.29, 1.82) is 0 Å². The molecule has 0 spiro atoms. The zero-order chi connectivity index (χ0) is 17.8. The van der Waals surface area contributed by atoms with Crippen molar-refractivity contribution >= 4 is 0 Å². The number of hydrogen-bond donors (Lipinski definition) is 0. The van der Waals surface area contributed by atoms with E-state index in [4.69, 9.17) is 23.7 Å². The lowest BCUT2D eigenvalue weighted by Crippen LogP contribution is -2.47. The molecule has 0 radical (unpaired) electrons. The molecule has 0 aromatic heterocycles. The number of hydrogen-bond acceptors (Lipinski definition) is 5. The van der Waals surface area contributed by atoms with Gasteiger partial charge in [0.25, 0.3) is 0 Å². The van der Waals surface area contributed by atoms with Crippen LogP contribution in [-0.4, -0.2) is 32.2 Å². The van der Waals surface area contributed by atoms with Crippen LogP contribution in [0.2, 0.25) is 0 Å². The van der Waals surface area contributed by atoms with E-state index in [1.807, 2.05) is 66.7 Å². The van der Waals surface area contributed by atoms with E-state index in [-0.39, 0.29) is 12.2 Å². The number of ether oxygens (including phenoxy) is 5. The molecule has 0 unspecified atom stereocenters. The molecule has 0 bridgehead atoms. The predicted molar refractivity (Wildman–Crippen MR) is 95.0 cm³/mol. The standard InChI is InChI=1S/C21H22O5/c1-22-21-18(23-13-15-8-4-2-5-9-15)12-17-19(26-21)14-24-20(25-17)16-10-6-3-7-11-16/h2-12,17,19-21H,13-14H2,1H3/t17-,19+,20+,21-/m0/s1. The Bertz CT molecular complexity index is 731. The average Bonchev–Trinajstić information content (AvgIpc) is 2.72. The molecule has 0 amide bonds. The van der Waals surface area contributed by atoms with Crippen molar-refractivity contribution in [3.8, 4) is 0 Å². The normalized spacial score (nSPS) is 28.1. The summed E-state index contributed by atoms with van der Waals surface area (Å²) in [5.74, 6) is 0.631. The van der Waals surface area contributed by atoms with E-state index in [0.29, 0.717) is 19.0 Å². The van der Waals surface area contributed by atoms with Gasteiger partial charge in [0, 0.05) is 12.7 Å². The third-order valence-electron chi connectivity index (χ3n) is 4.45. The van der Waals surface area contributed by atoms with Crippen molar-refractivity contribution in [2.75, 3.05) is 13.7 Å². The zero-order valence-electron chi connectivity index (χ0n) is 14.6. The van der Waals surface area contributed by atoms with E-state index in [1.54, 1.807) is 7.11 Å². The summed E-state index contributed by atoms with van der Waals surface area (Å²) < 4.78 is 29.2.